The molecule has 1 unspecified atom stereocenters. The van der Waals surface area contributed by atoms with E-state index in [1.54, 1.807) is 60.9 Å². The Morgan fingerprint density at radius 1 is 0.919 bits per heavy atom. The molecule has 1 N–H and O–H groups in total. The van der Waals surface area contributed by atoms with Crippen LogP contribution in [0.15, 0.2) is 72.6 Å². The van der Waals surface area contributed by atoms with Gasteiger partial charge >= 0.3 is 0 Å². The minimum atomic E-state index is -0.846. The molecule has 2 aromatic carbocycles. The highest BCUT2D eigenvalue weighted by molar-refractivity contribution is 6.46. The van der Waals surface area contributed by atoms with Gasteiger partial charge in [0.25, 0.3) is 11.7 Å². The Balaban J connectivity index is 1.85. The molecule has 192 valence electrons. The molecule has 1 aliphatic heterocycles. The van der Waals surface area contributed by atoms with E-state index < -0.39 is 17.7 Å². The summed E-state index contributed by atoms with van der Waals surface area (Å²) in [5, 5.41) is 11.3. The molecule has 1 saturated heterocycles. The molecule has 0 radical (unpaired) electrons. The summed E-state index contributed by atoms with van der Waals surface area (Å²) in [7, 11) is 0. The normalized spacial score (nSPS) is 16.6. The maximum atomic E-state index is 13.3. The van der Waals surface area contributed by atoms with E-state index in [0.717, 1.165) is 5.56 Å². The molecule has 1 aromatic heterocycles. The van der Waals surface area contributed by atoms with Crippen LogP contribution in [0.3, 0.4) is 0 Å². The fraction of sp³-hybridized carbons (Fsp3) is 0.276. The zero-order valence-corrected chi connectivity index (χ0v) is 21.1. The van der Waals surface area contributed by atoms with Crippen molar-refractivity contribution in [1.29, 1.82) is 0 Å². The Labute approximate surface area is 216 Å². The molecule has 8 heteroatoms. The van der Waals surface area contributed by atoms with Crippen LogP contribution in [-0.2, 0) is 16.1 Å². The number of Topliss-reactive ketones (excluding diaryl/α,β-unsaturated/α-hetero) is 1. The standard InChI is InChI=1S/C29H30N2O6/c1-4-35-22-12-9-20(10-13-22)27(32)25-26(21-11-14-23(36-5-2)24(16-21)37-6-3)31(29(34)28(25)33)18-19-8-7-15-30-17-19/h7-17,26,32H,4-6,18H2,1-3H3. The van der Waals surface area contributed by atoms with Gasteiger partial charge < -0.3 is 24.2 Å². The van der Waals surface area contributed by atoms with Crippen molar-refractivity contribution in [2.75, 3.05) is 19.8 Å². The van der Waals surface area contributed by atoms with Crippen LogP contribution in [0.1, 0.15) is 43.5 Å². The number of carbonyl (C=O) groups excluding carboxylic acids is 2. The van der Waals surface area contributed by atoms with E-state index in [-0.39, 0.29) is 17.9 Å². The van der Waals surface area contributed by atoms with Crippen LogP contribution in [0.5, 0.6) is 17.2 Å². The molecule has 0 bridgehead atoms. The Hall–Kier alpha value is -4.33. The van der Waals surface area contributed by atoms with Gasteiger partial charge in [-0.3, -0.25) is 14.6 Å². The SMILES string of the molecule is CCOc1ccc(C(O)=C2C(=O)C(=O)N(Cc3cccnc3)C2c2ccc(OCC)c(OCC)c2)cc1. The van der Waals surface area contributed by atoms with Crippen molar-refractivity contribution < 1.29 is 28.9 Å². The van der Waals surface area contributed by atoms with Crippen molar-refractivity contribution >= 4 is 17.4 Å². The fourth-order valence-corrected chi connectivity index (χ4v) is 4.35. The summed E-state index contributed by atoms with van der Waals surface area (Å²) in [6.07, 6.45) is 3.29. The lowest BCUT2D eigenvalue weighted by Gasteiger charge is -2.26. The highest BCUT2D eigenvalue weighted by Gasteiger charge is 2.46. The number of amides is 1. The van der Waals surface area contributed by atoms with E-state index in [2.05, 4.69) is 4.98 Å². The quantitative estimate of drug-likeness (QED) is 0.239. The van der Waals surface area contributed by atoms with E-state index in [9.17, 15) is 14.7 Å². The first-order valence-electron chi connectivity index (χ1n) is 12.3. The summed E-state index contributed by atoms with van der Waals surface area (Å²) < 4.78 is 17.0. The second-order valence-electron chi connectivity index (χ2n) is 8.32. The van der Waals surface area contributed by atoms with Crippen molar-refractivity contribution in [3.8, 4) is 17.2 Å². The molecule has 1 aliphatic rings. The van der Waals surface area contributed by atoms with Gasteiger partial charge in [0.1, 0.15) is 11.5 Å². The monoisotopic (exact) mass is 502 g/mol. The number of ketones is 1. The Morgan fingerprint density at radius 2 is 1.62 bits per heavy atom. The molecule has 1 atom stereocenters. The molecule has 3 aromatic rings. The number of carbonyl (C=O) groups is 2. The third-order valence-corrected chi connectivity index (χ3v) is 5.94. The zero-order chi connectivity index (χ0) is 26.4. The molecule has 2 heterocycles. The second kappa shape index (κ2) is 11.6. The second-order valence-corrected chi connectivity index (χ2v) is 8.32. The van der Waals surface area contributed by atoms with Crippen LogP contribution < -0.4 is 14.2 Å². The third-order valence-electron chi connectivity index (χ3n) is 5.94. The first-order chi connectivity index (χ1) is 18.0. The molecule has 1 amide bonds. The number of pyridine rings is 1. The van der Waals surface area contributed by atoms with E-state index in [4.69, 9.17) is 14.2 Å². The average molecular weight is 503 g/mol. The largest absolute Gasteiger partial charge is 0.507 e. The molecule has 37 heavy (non-hydrogen) atoms. The van der Waals surface area contributed by atoms with Gasteiger partial charge in [-0.05, 0) is 74.4 Å². The van der Waals surface area contributed by atoms with Gasteiger partial charge in [-0.1, -0.05) is 12.1 Å². The van der Waals surface area contributed by atoms with Gasteiger partial charge in [-0.15, -0.1) is 0 Å². The molecular weight excluding hydrogens is 472 g/mol. The molecule has 0 spiro atoms. The Kier molecular flexibility index (Phi) is 8.08. The Bertz CT molecular complexity index is 1290. The predicted octanol–water partition coefficient (Wildman–Crippen LogP) is 4.90. The predicted molar refractivity (Wildman–Crippen MR) is 138 cm³/mol. The molecule has 0 aliphatic carbocycles. The lowest BCUT2D eigenvalue weighted by Crippen LogP contribution is -2.29. The summed E-state index contributed by atoms with van der Waals surface area (Å²) in [5.41, 5.74) is 1.78. The molecule has 0 saturated carbocycles. The van der Waals surface area contributed by atoms with E-state index in [0.29, 0.717) is 48.2 Å². The van der Waals surface area contributed by atoms with Crippen molar-refractivity contribution in [1.82, 2.24) is 9.88 Å². The van der Waals surface area contributed by atoms with Crippen LogP contribution in [0.2, 0.25) is 0 Å². The summed E-state index contributed by atoms with van der Waals surface area (Å²) in [6, 6.07) is 14.8. The number of aliphatic hydroxyl groups excluding tert-OH is 1. The highest BCUT2D eigenvalue weighted by Crippen LogP contribution is 2.42. The van der Waals surface area contributed by atoms with Gasteiger partial charge in [-0.2, -0.15) is 0 Å². The lowest BCUT2D eigenvalue weighted by atomic mass is 9.94. The maximum absolute atomic E-state index is 13.3. The number of aromatic nitrogens is 1. The minimum absolute atomic E-state index is 0.00431. The van der Waals surface area contributed by atoms with Gasteiger partial charge in [0, 0.05) is 24.5 Å². The number of nitrogens with zero attached hydrogens (tertiary/aromatic N) is 2. The minimum Gasteiger partial charge on any atom is -0.507 e. The highest BCUT2D eigenvalue weighted by atomic mass is 16.5. The topological polar surface area (TPSA) is 98.2 Å². The summed E-state index contributed by atoms with van der Waals surface area (Å²) in [5.74, 6) is -0.0218. The first kappa shape index (κ1) is 25.8. The van der Waals surface area contributed by atoms with Gasteiger partial charge in [-0.25, -0.2) is 0 Å². The van der Waals surface area contributed by atoms with E-state index in [1.807, 2.05) is 26.8 Å². The van der Waals surface area contributed by atoms with Crippen molar-refractivity contribution in [3.05, 3.63) is 89.3 Å². The zero-order valence-electron chi connectivity index (χ0n) is 21.1. The van der Waals surface area contributed by atoms with Crippen molar-refractivity contribution in [2.45, 2.75) is 33.4 Å². The first-order valence-corrected chi connectivity index (χ1v) is 12.3. The number of likely N-dealkylation sites (tertiary alicyclic amines) is 1. The number of benzene rings is 2. The Morgan fingerprint density at radius 3 is 2.27 bits per heavy atom. The van der Waals surface area contributed by atoms with Crippen LogP contribution in [-0.4, -0.2) is 46.5 Å². The number of ether oxygens (including phenoxy) is 3. The van der Waals surface area contributed by atoms with E-state index >= 15 is 0 Å². The molecule has 4 rings (SSSR count). The van der Waals surface area contributed by atoms with Crippen LogP contribution in [0, 0.1) is 0 Å². The average Bonchev–Trinajstić information content (AvgIpc) is 3.16. The van der Waals surface area contributed by atoms with Gasteiger partial charge in [0.15, 0.2) is 11.5 Å². The smallest absolute Gasteiger partial charge is 0.295 e. The summed E-state index contributed by atoms with van der Waals surface area (Å²) in [4.78, 5) is 32.2. The number of hydrogen-bond acceptors (Lipinski definition) is 7. The van der Waals surface area contributed by atoms with Gasteiger partial charge in [0.05, 0.1) is 31.4 Å². The van der Waals surface area contributed by atoms with Crippen LogP contribution >= 0.6 is 0 Å². The van der Waals surface area contributed by atoms with Crippen molar-refractivity contribution in [3.63, 3.8) is 0 Å². The van der Waals surface area contributed by atoms with Gasteiger partial charge in [0.2, 0.25) is 0 Å². The molecule has 1 fully saturated rings. The van der Waals surface area contributed by atoms with E-state index in [1.165, 1.54) is 4.90 Å². The lowest BCUT2D eigenvalue weighted by molar-refractivity contribution is -0.140. The summed E-state index contributed by atoms with van der Waals surface area (Å²) in [6.45, 7) is 7.13. The number of aliphatic hydroxyl groups is 1. The third kappa shape index (κ3) is 5.43. The van der Waals surface area contributed by atoms with Crippen LogP contribution in [0.4, 0.5) is 0 Å². The fourth-order valence-electron chi connectivity index (χ4n) is 4.35. The molecular formula is C29H30N2O6. The van der Waals surface area contributed by atoms with Crippen molar-refractivity contribution in [2.24, 2.45) is 0 Å². The molecule has 8 nitrogen and oxygen atoms in total. The number of hydrogen-bond donors (Lipinski definition) is 1. The maximum Gasteiger partial charge on any atom is 0.295 e. The number of rotatable bonds is 10. The summed E-state index contributed by atoms with van der Waals surface area (Å²) >= 11 is 0. The van der Waals surface area contributed by atoms with Crippen LogP contribution in [0.25, 0.3) is 5.76 Å².